The van der Waals surface area contributed by atoms with E-state index in [-0.39, 0.29) is 0 Å². The van der Waals surface area contributed by atoms with E-state index >= 15 is 0 Å². The highest BCUT2D eigenvalue weighted by Crippen LogP contribution is 1.99. The topological polar surface area (TPSA) is 0 Å². The van der Waals surface area contributed by atoms with Crippen LogP contribution in [-0.4, -0.2) is 11.5 Å². The summed E-state index contributed by atoms with van der Waals surface area (Å²) in [5, 5.41) is 0. The van der Waals surface area contributed by atoms with E-state index in [9.17, 15) is 0 Å². The lowest BCUT2D eigenvalue weighted by atomic mass is 10.3. The van der Waals surface area contributed by atoms with Crippen molar-refractivity contribution >= 4 is 20.8 Å². The van der Waals surface area contributed by atoms with Crippen molar-refractivity contribution in [2.45, 2.75) is 52.1 Å². The summed E-state index contributed by atoms with van der Waals surface area (Å²) in [4.78, 5) is 0. The fourth-order valence-electron chi connectivity index (χ4n) is 0.344. The zero-order chi connectivity index (χ0) is 9.11. The van der Waals surface area contributed by atoms with E-state index in [1.165, 1.54) is 25.7 Å². The van der Waals surface area contributed by atoms with Crippen LogP contribution < -0.4 is 0 Å². The predicted octanol–water partition coefficient (Wildman–Crippen LogP) is 4.08. The molecule has 2 atom stereocenters. The molecule has 2 unspecified atom stereocenters. The van der Waals surface area contributed by atoms with Gasteiger partial charge in [-0.05, 0) is 12.1 Å². The molecule has 0 aromatic heterocycles. The third-order valence-electron chi connectivity index (χ3n) is 1.38. The molecule has 0 radical (unpaired) electrons. The minimum Gasteiger partial charge on any atom is -0.135 e. The van der Waals surface area contributed by atoms with Crippen LogP contribution in [0.3, 0.4) is 0 Å². The fourth-order valence-corrected chi connectivity index (χ4v) is 0.533. The predicted molar refractivity (Wildman–Crippen MR) is 59.7 cm³/mol. The lowest BCUT2D eigenvalue weighted by molar-refractivity contribution is 0.776. The van der Waals surface area contributed by atoms with Crippen LogP contribution in [0.25, 0.3) is 0 Å². The highest BCUT2D eigenvalue weighted by molar-refractivity contribution is 7.17. The molecule has 0 aromatic carbocycles. The molecule has 0 aromatic rings. The molecule has 11 heavy (non-hydrogen) atoms. The van der Waals surface area contributed by atoms with Gasteiger partial charge in [0.05, 0.1) is 0 Å². The average molecular weight is 197 g/mol. The number of rotatable bonds is 4. The summed E-state index contributed by atoms with van der Waals surface area (Å²) in [5.74, 6) is 0.827. The highest BCUT2D eigenvalue weighted by atomic mass is 35.5. The van der Waals surface area contributed by atoms with Crippen molar-refractivity contribution in [3.63, 3.8) is 0 Å². The molecule has 0 N–H and O–H groups in total. The normalized spacial score (nSPS) is 11.7. The van der Waals surface area contributed by atoms with E-state index in [2.05, 4.69) is 30.0 Å². The Bertz CT molecular complexity index is 51.5. The van der Waals surface area contributed by atoms with Crippen molar-refractivity contribution in [1.29, 1.82) is 0 Å². The van der Waals surface area contributed by atoms with Crippen molar-refractivity contribution in [3.8, 4) is 0 Å². The Kier molecular flexibility index (Phi) is 17.3. The van der Waals surface area contributed by atoms with Gasteiger partial charge < -0.3 is 0 Å². The maximum absolute atomic E-state index is 5.38. The van der Waals surface area contributed by atoms with Crippen molar-refractivity contribution in [3.05, 3.63) is 0 Å². The molecule has 0 heterocycles. The quantitative estimate of drug-likeness (QED) is 0.361. The molecule has 0 aliphatic heterocycles. The molecule has 0 amide bonds. The van der Waals surface area contributed by atoms with E-state index < -0.39 is 0 Å². The van der Waals surface area contributed by atoms with E-state index in [0.717, 1.165) is 11.5 Å². The van der Waals surface area contributed by atoms with Crippen LogP contribution in [0.2, 0.25) is 0 Å². The van der Waals surface area contributed by atoms with Crippen molar-refractivity contribution in [1.82, 2.24) is 0 Å². The second kappa shape index (κ2) is 13.3. The molecule has 70 valence electrons. The lowest BCUT2D eigenvalue weighted by Gasteiger charge is -1.90. The van der Waals surface area contributed by atoms with Gasteiger partial charge in [-0.25, -0.2) is 0 Å². The minimum absolute atomic E-state index is 0.801. The number of alkyl halides is 1. The van der Waals surface area contributed by atoms with Crippen LogP contribution in [0.15, 0.2) is 0 Å². The van der Waals surface area contributed by atoms with Gasteiger partial charge in [-0.3, -0.25) is 0 Å². The van der Waals surface area contributed by atoms with Gasteiger partial charge in [-0.15, -0.1) is 20.8 Å². The molecule has 0 fully saturated rings. The first-order valence-electron chi connectivity index (χ1n) is 4.50. The molecule has 0 spiro atoms. The first-order valence-corrected chi connectivity index (χ1v) is 5.70. The van der Waals surface area contributed by atoms with E-state index in [4.69, 9.17) is 11.6 Å². The average Bonchev–Trinajstić information content (AvgIpc) is 2.02. The van der Waals surface area contributed by atoms with Crippen LogP contribution in [0.1, 0.15) is 46.5 Å². The molecule has 0 rings (SSSR count). The van der Waals surface area contributed by atoms with Crippen LogP contribution in [0, 0.1) is 0 Å². The number of halogens is 1. The summed E-state index contributed by atoms with van der Waals surface area (Å²) in [6.07, 6.45) is 5.00. The zero-order valence-corrected chi connectivity index (χ0v) is 9.98. The maximum Gasteiger partial charge on any atom is 0.0223 e. The van der Waals surface area contributed by atoms with Crippen molar-refractivity contribution in [2.24, 2.45) is 0 Å². The number of hydrogen-bond donors (Lipinski definition) is 0. The molecule has 0 saturated carbocycles. The Morgan fingerprint density at radius 2 is 1.73 bits per heavy atom. The summed E-state index contributed by atoms with van der Waals surface area (Å²) >= 11 is 5.38. The Labute approximate surface area is 79.3 Å². The summed E-state index contributed by atoms with van der Waals surface area (Å²) in [6.45, 7) is 6.54. The SMILES string of the molecule is CCC(C)P.CCCCCCl. The molecular formula is C9H22ClP. The lowest BCUT2D eigenvalue weighted by Crippen LogP contribution is -1.80. The third-order valence-corrected chi connectivity index (χ3v) is 2.12. The van der Waals surface area contributed by atoms with E-state index in [1.807, 2.05) is 0 Å². The number of unbranched alkanes of at least 4 members (excludes halogenated alkanes) is 2. The first-order chi connectivity index (χ1) is 5.18. The Hall–Kier alpha value is 0.720. The maximum atomic E-state index is 5.38. The van der Waals surface area contributed by atoms with Gasteiger partial charge in [0.2, 0.25) is 0 Å². The molecule has 2 heteroatoms. The Balaban J connectivity index is 0. The largest absolute Gasteiger partial charge is 0.135 e. The molecule has 0 aliphatic carbocycles. The minimum atomic E-state index is 0.801. The molecule has 0 aliphatic rings. The zero-order valence-electron chi connectivity index (χ0n) is 8.07. The van der Waals surface area contributed by atoms with Gasteiger partial charge >= 0.3 is 0 Å². The van der Waals surface area contributed by atoms with Gasteiger partial charge in [-0.2, -0.15) is 0 Å². The summed E-state index contributed by atoms with van der Waals surface area (Å²) in [5.41, 5.74) is 0.801. The van der Waals surface area contributed by atoms with Crippen molar-refractivity contribution < 1.29 is 0 Å². The summed E-state index contributed by atoms with van der Waals surface area (Å²) in [7, 11) is 2.73. The second-order valence-corrected chi connectivity index (χ2v) is 4.30. The Morgan fingerprint density at radius 3 is 1.82 bits per heavy atom. The summed E-state index contributed by atoms with van der Waals surface area (Å²) < 4.78 is 0. The van der Waals surface area contributed by atoms with Gasteiger partial charge in [0.15, 0.2) is 0 Å². The van der Waals surface area contributed by atoms with Crippen LogP contribution >= 0.6 is 20.8 Å². The molecule has 0 bridgehead atoms. The van der Waals surface area contributed by atoms with Crippen LogP contribution in [0.4, 0.5) is 0 Å². The molecule has 0 nitrogen and oxygen atoms in total. The second-order valence-electron chi connectivity index (χ2n) is 2.78. The van der Waals surface area contributed by atoms with Gasteiger partial charge in [0, 0.05) is 5.88 Å². The monoisotopic (exact) mass is 196 g/mol. The summed E-state index contributed by atoms with van der Waals surface area (Å²) in [6, 6.07) is 0. The first kappa shape index (κ1) is 14.3. The van der Waals surface area contributed by atoms with Crippen LogP contribution in [0.5, 0.6) is 0 Å². The fraction of sp³-hybridized carbons (Fsp3) is 1.00. The van der Waals surface area contributed by atoms with Gasteiger partial charge in [0.25, 0.3) is 0 Å². The highest BCUT2D eigenvalue weighted by Gasteiger charge is 1.80. The van der Waals surface area contributed by atoms with Gasteiger partial charge in [0.1, 0.15) is 0 Å². The van der Waals surface area contributed by atoms with Crippen molar-refractivity contribution in [2.75, 3.05) is 5.88 Å². The van der Waals surface area contributed by atoms with E-state index in [1.54, 1.807) is 0 Å². The van der Waals surface area contributed by atoms with Gasteiger partial charge in [-0.1, -0.05) is 40.0 Å². The number of hydrogen-bond acceptors (Lipinski definition) is 0. The molecular weight excluding hydrogens is 175 g/mol. The third kappa shape index (κ3) is 24.9. The smallest absolute Gasteiger partial charge is 0.0223 e. The van der Waals surface area contributed by atoms with E-state index in [0.29, 0.717) is 0 Å². The Morgan fingerprint density at radius 1 is 1.27 bits per heavy atom. The standard InChI is InChI=1S/C5H11Cl.C4H11P/c1-2-3-4-5-6;1-3-4(2)5/h2-5H2,1H3;4H,3,5H2,1-2H3. The van der Waals surface area contributed by atoms with Crippen LogP contribution in [-0.2, 0) is 0 Å². The molecule has 0 saturated heterocycles.